The number of aliphatic hydroxyl groups is 1. The van der Waals surface area contributed by atoms with Gasteiger partial charge in [0.15, 0.2) is 11.5 Å². The summed E-state index contributed by atoms with van der Waals surface area (Å²) in [5.74, 6) is 0.0990. The molecular weight excluding hydrogens is 392 g/mol. The van der Waals surface area contributed by atoms with Crippen molar-refractivity contribution in [3.63, 3.8) is 0 Å². The maximum atomic E-state index is 14.1. The normalized spacial score (nSPS) is 53.0. The number of aliphatic hydroxyl groups excluding tert-OH is 1. The van der Waals surface area contributed by atoms with Crippen LogP contribution in [0.15, 0.2) is 24.0 Å². The third-order valence-corrected chi connectivity index (χ3v) is 10.4. The Morgan fingerprint density at radius 3 is 2.55 bits per heavy atom. The fraction of sp³-hybridized carbons (Fsp3) is 0.769. The maximum Gasteiger partial charge on any atom is 0.206 e. The number of methoxy groups -OCH3 is 1. The summed E-state index contributed by atoms with van der Waals surface area (Å²) in [6.45, 7) is 13.2. The lowest BCUT2D eigenvalue weighted by Gasteiger charge is -2.77. The average Bonchev–Trinajstić information content (AvgIpc) is 2.80. The van der Waals surface area contributed by atoms with E-state index in [9.17, 15) is 14.7 Å². The van der Waals surface area contributed by atoms with Gasteiger partial charge in [0.25, 0.3) is 0 Å². The van der Waals surface area contributed by atoms with Crippen molar-refractivity contribution in [2.75, 3.05) is 13.7 Å². The molecule has 8 atom stereocenters. The number of hydrogen-bond donors (Lipinski definition) is 1. The van der Waals surface area contributed by atoms with E-state index >= 15 is 0 Å². The minimum absolute atomic E-state index is 0.0616. The van der Waals surface area contributed by atoms with Gasteiger partial charge in [-0.25, -0.2) is 0 Å². The van der Waals surface area contributed by atoms with E-state index in [1.165, 1.54) is 7.11 Å². The van der Waals surface area contributed by atoms with E-state index in [0.29, 0.717) is 17.8 Å². The zero-order valence-electron chi connectivity index (χ0n) is 19.3. The summed E-state index contributed by atoms with van der Waals surface area (Å²) < 4.78 is 12.3. The highest BCUT2D eigenvalue weighted by Gasteiger charge is 2.88. The van der Waals surface area contributed by atoms with Gasteiger partial charge in [0.1, 0.15) is 5.60 Å². The summed E-state index contributed by atoms with van der Waals surface area (Å²) in [6, 6.07) is 0. The highest BCUT2D eigenvalue weighted by molar-refractivity contribution is 6.07. The monoisotopic (exact) mass is 426 g/mol. The molecule has 6 fully saturated rings. The van der Waals surface area contributed by atoms with Crippen molar-refractivity contribution in [3.8, 4) is 0 Å². The van der Waals surface area contributed by atoms with Crippen molar-refractivity contribution in [2.24, 2.45) is 45.3 Å². The summed E-state index contributed by atoms with van der Waals surface area (Å²) in [7, 11) is 1.54. The molecule has 1 N–H and O–H groups in total. The summed E-state index contributed by atoms with van der Waals surface area (Å²) in [5, 5.41) is 12.2. The highest BCUT2D eigenvalue weighted by Crippen LogP contribution is 2.81. The van der Waals surface area contributed by atoms with Crippen LogP contribution in [0.3, 0.4) is 0 Å². The molecule has 168 valence electrons. The van der Waals surface area contributed by atoms with Crippen LogP contribution in [0.4, 0.5) is 0 Å². The van der Waals surface area contributed by atoms with Crippen molar-refractivity contribution >= 4 is 11.6 Å². The predicted molar refractivity (Wildman–Crippen MR) is 114 cm³/mol. The van der Waals surface area contributed by atoms with Crippen LogP contribution < -0.4 is 0 Å². The molecule has 31 heavy (non-hydrogen) atoms. The second kappa shape index (κ2) is 5.36. The van der Waals surface area contributed by atoms with Crippen LogP contribution in [0.25, 0.3) is 0 Å². The SMILES string of the molecule is C=C1C(=O)[C@@]23[C@@H]4CC(C)(C)CC25OC[C@]2(C(=O)C(OC)=CC(C)(C)[C@H]2[C@@H]5O)[C@@H]3CC[C@@H]14. The van der Waals surface area contributed by atoms with Gasteiger partial charge in [0.2, 0.25) is 5.78 Å². The third kappa shape index (κ3) is 1.80. The lowest BCUT2D eigenvalue weighted by molar-refractivity contribution is -0.380. The Hall–Kier alpha value is -1.46. The van der Waals surface area contributed by atoms with Crippen LogP contribution in [0, 0.1) is 45.3 Å². The lowest BCUT2D eigenvalue weighted by Crippen LogP contribution is -2.85. The van der Waals surface area contributed by atoms with Gasteiger partial charge in [-0.3, -0.25) is 9.59 Å². The van der Waals surface area contributed by atoms with E-state index in [-0.39, 0.29) is 47.3 Å². The summed E-state index contributed by atoms with van der Waals surface area (Å²) in [4.78, 5) is 28.2. The third-order valence-electron chi connectivity index (χ3n) is 10.4. The van der Waals surface area contributed by atoms with Crippen LogP contribution in [-0.2, 0) is 19.1 Å². The van der Waals surface area contributed by atoms with Gasteiger partial charge in [-0.05, 0) is 65.9 Å². The molecule has 4 saturated carbocycles. The van der Waals surface area contributed by atoms with Crippen molar-refractivity contribution in [2.45, 2.75) is 65.1 Å². The van der Waals surface area contributed by atoms with E-state index < -0.39 is 27.9 Å². The molecule has 0 radical (unpaired) electrons. The van der Waals surface area contributed by atoms with Crippen LogP contribution in [-0.4, -0.2) is 42.1 Å². The fourth-order valence-corrected chi connectivity index (χ4v) is 9.94. The number of carbonyl (C=O) groups is 2. The number of Topliss-reactive ketones (excluding diaryl/α,β-unsaturated/α-hetero) is 2. The molecule has 5 heteroatoms. The van der Waals surface area contributed by atoms with E-state index in [1.54, 1.807) is 0 Å². The first-order valence-electron chi connectivity index (χ1n) is 11.8. The molecule has 2 saturated heterocycles. The Labute approximate surface area is 184 Å². The molecule has 5 aliphatic carbocycles. The molecule has 3 spiro atoms. The summed E-state index contributed by atoms with van der Waals surface area (Å²) in [5.41, 5.74) is -2.56. The molecule has 0 aromatic rings. The zero-order valence-corrected chi connectivity index (χ0v) is 19.3. The van der Waals surface area contributed by atoms with E-state index in [0.717, 1.165) is 19.3 Å². The van der Waals surface area contributed by atoms with Gasteiger partial charge < -0.3 is 14.6 Å². The fourth-order valence-electron chi connectivity index (χ4n) is 9.94. The van der Waals surface area contributed by atoms with E-state index in [4.69, 9.17) is 9.47 Å². The van der Waals surface area contributed by atoms with Crippen molar-refractivity contribution < 1.29 is 24.2 Å². The molecule has 1 unspecified atom stereocenters. The Morgan fingerprint density at radius 1 is 1.16 bits per heavy atom. The summed E-state index contributed by atoms with van der Waals surface area (Å²) >= 11 is 0. The van der Waals surface area contributed by atoms with Gasteiger partial charge >= 0.3 is 0 Å². The van der Waals surface area contributed by atoms with Crippen LogP contribution in [0.2, 0.25) is 0 Å². The number of rotatable bonds is 1. The van der Waals surface area contributed by atoms with Gasteiger partial charge in [-0.1, -0.05) is 34.3 Å². The number of hydrogen-bond acceptors (Lipinski definition) is 5. The molecule has 7 aliphatic rings. The Bertz CT molecular complexity index is 974. The number of allylic oxidation sites excluding steroid dienone is 3. The van der Waals surface area contributed by atoms with Crippen LogP contribution >= 0.6 is 0 Å². The van der Waals surface area contributed by atoms with Crippen molar-refractivity contribution in [1.82, 2.24) is 0 Å². The molecule has 0 aromatic heterocycles. The number of ketones is 2. The number of fused-ring (bicyclic) bond motifs is 1. The molecule has 0 aromatic carbocycles. The molecule has 4 bridgehead atoms. The second-order valence-corrected chi connectivity index (χ2v) is 12.6. The Morgan fingerprint density at radius 2 is 1.87 bits per heavy atom. The minimum atomic E-state index is -0.957. The smallest absolute Gasteiger partial charge is 0.206 e. The quantitative estimate of drug-likeness (QED) is 0.650. The number of ether oxygens (including phenoxy) is 2. The van der Waals surface area contributed by atoms with Crippen molar-refractivity contribution in [1.29, 1.82) is 0 Å². The first-order chi connectivity index (χ1) is 14.4. The first-order valence-corrected chi connectivity index (χ1v) is 11.8. The summed E-state index contributed by atoms with van der Waals surface area (Å²) in [6.07, 6.45) is 4.24. The largest absolute Gasteiger partial charge is 0.493 e. The first kappa shape index (κ1) is 20.2. The van der Waals surface area contributed by atoms with Crippen molar-refractivity contribution in [3.05, 3.63) is 24.0 Å². The standard InChI is InChI=1S/C26H34O5/c1-13-14-7-8-17-24-12-31-25(11-22(2,3)9-15(14)26(17,25)19(13)27)21(29)18(24)23(4,5)10-16(30-6)20(24)28/h10,14-15,17-18,21,29H,1,7-9,11-12H2,2-6H3/t14-,15+,17-,18+,21-,24-,25?,26-/m0/s1. The second-order valence-electron chi connectivity index (χ2n) is 12.6. The van der Waals surface area contributed by atoms with Gasteiger partial charge in [-0.15, -0.1) is 0 Å². The average molecular weight is 427 g/mol. The highest BCUT2D eigenvalue weighted by atomic mass is 16.5. The molecule has 5 nitrogen and oxygen atoms in total. The lowest BCUT2D eigenvalue weighted by atomic mass is 9.30. The molecule has 7 rings (SSSR count). The topological polar surface area (TPSA) is 72.8 Å². The van der Waals surface area contributed by atoms with E-state index in [1.807, 2.05) is 6.08 Å². The molecule has 2 aliphatic heterocycles. The molecule has 2 heterocycles. The van der Waals surface area contributed by atoms with Gasteiger partial charge in [-0.2, -0.15) is 0 Å². The zero-order chi connectivity index (χ0) is 22.4. The molecule has 0 amide bonds. The minimum Gasteiger partial charge on any atom is -0.493 e. The Balaban J connectivity index is 1.70. The Kier molecular flexibility index (Phi) is 3.49. The number of carbonyl (C=O) groups excluding carboxylic acids is 2. The van der Waals surface area contributed by atoms with Gasteiger partial charge in [0.05, 0.1) is 30.7 Å². The maximum absolute atomic E-state index is 14.1. The molecular formula is C26H34O5. The van der Waals surface area contributed by atoms with Crippen LogP contribution in [0.5, 0.6) is 0 Å². The van der Waals surface area contributed by atoms with Crippen LogP contribution in [0.1, 0.15) is 53.4 Å². The predicted octanol–water partition coefficient (Wildman–Crippen LogP) is 3.46. The van der Waals surface area contributed by atoms with E-state index in [2.05, 4.69) is 34.3 Å². The van der Waals surface area contributed by atoms with Gasteiger partial charge in [0, 0.05) is 5.92 Å².